The van der Waals surface area contributed by atoms with Crippen molar-refractivity contribution in [1.29, 1.82) is 0 Å². The predicted octanol–water partition coefficient (Wildman–Crippen LogP) is 2.94. The normalized spacial score (nSPS) is 12.1. The smallest absolute Gasteiger partial charge is 0.245 e. The summed E-state index contributed by atoms with van der Waals surface area (Å²) in [6, 6.07) is 9.33. The molecule has 0 saturated heterocycles. The first-order valence-electron chi connectivity index (χ1n) is 7.66. The Bertz CT molecular complexity index is 814. The van der Waals surface area contributed by atoms with Crippen LogP contribution in [0.4, 0.5) is 4.39 Å². The summed E-state index contributed by atoms with van der Waals surface area (Å²) in [5, 5.41) is 10.7. The highest BCUT2D eigenvalue weighted by Gasteiger charge is 2.19. The van der Waals surface area contributed by atoms with Gasteiger partial charge in [0.2, 0.25) is 5.91 Å². The molecule has 0 radical (unpaired) electrons. The molecule has 0 bridgehead atoms. The second-order valence-electron chi connectivity index (χ2n) is 5.29. The summed E-state index contributed by atoms with van der Waals surface area (Å²) in [5.74, 6) is -0.0759. The Labute approximate surface area is 138 Å². The SMILES string of the molecule is CC[C@H](C(=O)NCc1cc(-c2ccccc2F)no1)n1cccn1. The van der Waals surface area contributed by atoms with E-state index in [-0.39, 0.29) is 24.3 Å². The first kappa shape index (κ1) is 15.9. The van der Waals surface area contributed by atoms with Gasteiger partial charge in [0, 0.05) is 24.0 Å². The number of benzene rings is 1. The molecule has 1 aromatic carbocycles. The van der Waals surface area contributed by atoms with E-state index >= 15 is 0 Å². The van der Waals surface area contributed by atoms with Gasteiger partial charge < -0.3 is 9.84 Å². The zero-order valence-corrected chi connectivity index (χ0v) is 13.1. The van der Waals surface area contributed by atoms with Crippen molar-refractivity contribution in [3.8, 4) is 11.3 Å². The van der Waals surface area contributed by atoms with Gasteiger partial charge in [-0.3, -0.25) is 9.48 Å². The van der Waals surface area contributed by atoms with Crippen LogP contribution in [0, 0.1) is 5.82 Å². The van der Waals surface area contributed by atoms with Crippen LogP contribution in [0.25, 0.3) is 11.3 Å². The van der Waals surface area contributed by atoms with Crippen molar-refractivity contribution in [3.63, 3.8) is 0 Å². The maximum absolute atomic E-state index is 13.7. The predicted molar refractivity (Wildman–Crippen MR) is 85.3 cm³/mol. The zero-order chi connectivity index (χ0) is 16.9. The largest absolute Gasteiger partial charge is 0.359 e. The van der Waals surface area contributed by atoms with Gasteiger partial charge in [0.15, 0.2) is 5.76 Å². The van der Waals surface area contributed by atoms with Crippen LogP contribution in [0.15, 0.2) is 53.3 Å². The molecule has 24 heavy (non-hydrogen) atoms. The van der Waals surface area contributed by atoms with E-state index in [9.17, 15) is 9.18 Å². The average Bonchev–Trinajstić information content (AvgIpc) is 3.26. The standard InChI is InChI=1S/C17H17FN4O2/c1-2-16(22-9-5-8-20-22)17(23)19-11-12-10-15(21-24-12)13-6-3-4-7-14(13)18/h3-10,16H,2,11H2,1H3,(H,19,23)/t16-/m1/s1. The summed E-state index contributed by atoms with van der Waals surface area (Å²) in [5.41, 5.74) is 0.762. The fourth-order valence-electron chi connectivity index (χ4n) is 2.44. The maximum atomic E-state index is 13.7. The van der Waals surface area contributed by atoms with Crippen LogP contribution >= 0.6 is 0 Å². The molecule has 124 valence electrons. The molecule has 0 saturated carbocycles. The van der Waals surface area contributed by atoms with E-state index in [0.29, 0.717) is 23.4 Å². The van der Waals surface area contributed by atoms with Crippen LogP contribution in [0.5, 0.6) is 0 Å². The number of rotatable bonds is 6. The molecular formula is C17H17FN4O2. The van der Waals surface area contributed by atoms with Gasteiger partial charge in [0.05, 0.1) is 6.54 Å². The van der Waals surface area contributed by atoms with Crippen LogP contribution in [-0.4, -0.2) is 20.8 Å². The van der Waals surface area contributed by atoms with Crippen molar-refractivity contribution in [2.45, 2.75) is 25.9 Å². The number of carbonyl (C=O) groups is 1. The Morgan fingerprint density at radius 3 is 2.92 bits per heavy atom. The highest BCUT2D eigenvalue weighted by atomic mass is 19.1. The first-order chi connectivity index (χ1) is 11.7. The third-order valence-corrected chi connectivity index (χ3v) is 3.68. The van der Waals surface area contributed by atoms with E-state index in [2.05, 4.69) is 15.6 Å². The fraction of sp³-hybridized carbons (Fsp3) is 0.235. The number of carbonyl (C=O) groups excluding carboxylic acids is 1. The molecule has 3 rings (SSSR count). The second-order valence-corrected chi connectivity index (χ2v) is 5.29. The Kier molecular flexibility index (Phi) is 4.69. The van der Waals surface area contributed by atoms with E-state index in [0.717, 1.165) is 0 Å². The van der Waals surface area contributed by atoms with Crippen LogP contribution in [0.1, 0.15) is 25.1 Å². The van der Waals surface area contributed by atoms with E-state index in [4.69, 9.17) is 4.52 Å². The Morgan fingerprint density at radius 2 is 2.21 bits per heavy atom. The van der Waals surface area contributed by atoms with Gasteiger partial charge in [0.25, 0.3) is 0 Å². The summed E-state index contributed by atoms with van der Waals surface area (Å²) < 4.78 is 20.5. The summed E-state index contributed by atoms with van der Waals surface area (Å²) in [6.45, 7) is 2.09. The number of hydrogen-bond acceptors (Lipinski definition) is 4. The third kappa shape index (κ3) is 3.34. The highest BCUT2D eigenvalue weighted by molar-refractivity contribution is 5.80. The van der Waals surface area contributed by atoms with Gasteiger partial charge in [-0.1, -0.05) is 24.2 Å². The van der Waals surface area contributed by atoms with Gasteiger partial charge in [0.1, 0.15) is 17.6 Å². The summed E-state index contributed by atoms with van der Waals surface area (Å²) in [4.78, 5) is 12.3. The van der Waals surface area contributed by atoms with Crippen molar-refractivity contribution in [3.05, 3.63) is 60.4 Å². The molecule has 0 fully saturated rings. The lowest BCUT2D eigenvalue weighted by atomic mass is 10.1. The van der Waals surface area contributed by atoms with Gasteiger partial charge in [-0.15, -0.1) is 0 Å². The summed E-state index contributed by atoms with van der Waals surface area (Å²) >= 11 is 0. The Morgan fingerprint density at radius 1 is 1.38 bits per heavy atom. The molecule has 1 amide bonds. The third-order valence-electron chi connectivity index (χ3n) is 3.68. The number of nitrogens with zero attached hydrogens (tertiary/aromatic N) is 3. The lowest BCUT2D eigenvalue weighted by Crippen LogP contribution is -2.32. The summed E-state index contributed by atoms with van der Waals surface area (Å²) in [6.07, 6.45) is 4.00. The Balaban J connectivity index is 1.65. The van der Waals surface area contributed by atoms with Crippen molar-refractivity contribution >= 4 is 5.91 Å². The fourth-order valence-corrected chi connectivity index (χ4v) is 2.44. The molecule has 1 N–H and O–H groups in total. The molecule has 2 aromatic heterocycles. The number of nitrogens with one attached hydrogen (secondary N) is 1. The molecule has 0 unspecified atom stereocenters. The minimum Gasteiger partial charge on any atom is -0.359 e. The monoisotopic (exact) mass is 328 g/mol. The lowest BCUT2D eigenvalue weighted by Gasteiger charge is -2.14. The van der Waals surface area contributed by atoms with Crippen molar-refractivity contribution in [1.82, 2.24) is 20.3 Å². The van der Waals surface area contributed by atoms with E-state index in [1.807, 2.05) is 6.92 Å². The quantitative estimate of drug-likeness (QED) is 0.755. The van der Waals surface area contributed by atoms with Crippen LogP contribution < -0.4 is 5.32 Å². The van der Waals surface area contributed by atoms with Gasteiger partial charge in [-0.25, -0.2) is 4.39 Å². The van der Waals surface area contributed by atoms with E-state index in [1.165, 1.54) is 6.07 Å². The molecule has 0 aliphatic heterocycles. The molecule has 2 heterocycles. The second kappa shape index (κ2) is 7.08. The van der Waals surface area contributed by atoms with Crippen molar-refractivity contribution < 1.29 is 13.7 Å². The zero-order valence-electron chi connectivity index (χ0n) is 13.1. The van der Waals surface area contributed by atoms with Gasteiger partial charge in [-0.05, 0) is 24.6 Å². The number of amides is 1. The molecule has 3 aromatic rings. The van der Waals surface area contributed by atoms with Crippen molar-refractivity contribution in [2.24, 2.45) is 0 Å². The highest BCUT2D eigenvalue weighted by Crippen LogP contribution is 2.22. The molecule has 7 heteroatoms. The number of halogens is 1. The average molecular weight is 328 g/mol. The summed E-state index contributed by atoms with van der Waals surface area (Å²) in [7, 11) is 0. The van der Waals surface area contributed by atoms with Crippen LogP contribution in [-0.2, 0) is 11.3 Å². The minimum atomic E-state index is -0.381. The molecule has 0 spiro atoms. The lowest BCUT2D eigenvalue weighted by molar-refractivity contribution is -0.125. The Hall–Kier alpha value is -2.96. The van der Waals surface area contributed by atoms with Crippen LogP contribution in [0.3, 0.4) is 0 Å². The molecule has 6 nitrogen and oxygen atoms in total. The maximum Gasteiger partial charge on any atom is 0.245 e. The van der Waals surface area contributed by atoms with E-state index in [1.54, 1.807) is 47.4 Å². The van der Waals surface area contributed by atoms with E-state index < -0.39 is 0 Å². The molecule has 0 aliphatic rings. The number of hydrogen-bond donors (Lipinski definition) is 1. The van der Waals surface area contributed by atoms with Gasteiger partial charge >= 0.3 is 0 Å². The number of aromatic nitrogens is 3. The first-order valence-corrected chi connectivity index (χ1v) is 7.66. The van der Waals surface area contributed by atoms with Crippen molar-refractivity contribution in [2.75, 3.05) is 0 Å². The van der Waals surface area contributed by atoms with Gasteiger partial charge in [-0.2, -0.15) is 5.10 Å². The molecular weight excluding hydrogens is 311 g/mol. The minimum absolute atomic E-state index is 0.162. The molecule has 1 atom stereocenters. The molecule has 0 aliphatic carbocycles. The van der Waals surface area contributed by atoms with Crippen LogP contribution in [0.2, 0.25) is 0 Å². The topological polar surface area (TPSA) is 73.0 Å².